The van der Waals surface area contributed by atoms with Crippen LogP contribution in [0.2, 0.25) is 0 Å². The number of hydrogen-bond acceptors (Lipinski definition) is 4. The second kappa shape index (κ2) is 34.1. The van der Waals surface area contributed by atoms with Crippen LogP contribution < -0.4 is 0 Å². The smallest absolute Gasteiger partial charge is 0.306 e. The summed E-state index contributed by atoms with van der Waals surface area (Å²) in [7, 11) is 0. The molecule has 40 heavy (non-hydrogen) atoms. The van der Waals surface area contributed by atoms with E-state index in [2.05, 4.69) is 38.2 Å². The molecule has 1 N–H and O–H groups in total. The van der Waals surface area contributed by atoms with Gasteiger partial charge in [0.1, 0.15) is 6.10 Å². The molecule has 0 aliphatic rings. The van der Waals surface area contributed by atoms with Crippen LogP contribution >= 0.6 is 0 Å². The maximum atomic E-state index is 12.0. The van der Waals surface area contributed by atoms with Gasteiger partial charge in [-0.15, -0.1) is 0 Å². The molecule has 0 aliphatic carbocycles. The fourth-order valence-electron chi connectivity index (χ4n) is 4.89. The number of rotatable bonds is 32. The average molecular weight is 565 g/mol. The lowest BCUT2D eigenvalue weighted by Gasteiger charge is -2.16. The maximum absolute atomic E-state index is 12.0. The molecular formula is C36H68O4. The van der Waals surface area contributed by atoms with Crippen molar-refractivity contribution >= 4 is 5.97 Å². The summed E-state index contributed by atoms with van der Waals surface area (Å²) in [6, 6.07) is 0. The van der Waals surface area contributed by atoms with E-state index in [1.165, 1.54) is 128 Å². The minimum atomic E-state index is -0.530. The van der Waals surface area contributed by atoms with Crippen LogP contribution in [0.25, 0.3) is 0 Å². The molecule has 0 aliphatic heterocycles. The van der Waals surface area contributed by atoms with Gasteiger partial charge in [0.25, 0.3) is 0 Å². The van der Waals surface area contributed by atoms with Gasteiger partial charge in [0.05, 0.1) is 13.2 Å². The molecule has 0 aromatic carbocycles. The summed E-state index contributed by atoms with van der Waals surface area (Å²) >= 11 is 0. The topological polar surface area (TPSA) is 55.8 Å². The van der Waals surface area contributed by atoms with Crippen LogP contribution in [0.3, 0.4) is 0 Å². The van der Waals surface area contributed by atoms with Gasteiger partial charge in [-0.1, -0.05) is 147 Å². The van der Waals surface area contributed by atoms with Crippen LogP contribution in [-0.4, -0.2) is 37.0 Å². The molecule has 1 unspecified atom stereocenters. The maximum Gasteiger partial charge on any atom is 0.306 e. The Morgan fingerprint density at radius 2 is 1.05 bits per heavy atom. The first-order valence-electron chi connectivity index (χ1n) is 17.4. The third-order valence-electron chi connectivity index (χ3n) is 7.53. The number of carbonyl (C=O) groups excluding carboxylic acids is 1. The number of ether oxygens (including phenoxy) is 2. The predicted molar refractivity (Wildman–Crippen MR) is 173 cm³/mol. The zero-order chi connectivity index (χ0) is 29.2. The minimum absolute atomic E-state index is 0.171. The molecule has 0 aromatic rings. The Labute approximate surface area is 249 Å². The molecule has 0 saturated heterocycles. The van der Waals surface area contributed by atoms with Crippen molar-refractivity contribution in [3.63, 3.8) is 0 Å². The van der Waals surface area contributed by atoms with Crippen LogP contribution in [0.4, 0.5) is 0 Å². The number of aliphatic hydroxyl groups is 1. The van der Waals surface area contributed by atoms with Gasteiger partial charge >= 0.3 is 5.97 Å². The molecule has 0 heterocycles. The molecule has 236 valence electrons. The van der Waals surface area contributed by atoms with Crippen molar-refractivity contribution in [3.8, 4) is 0 Å². The van der Waals surface area contributed by atoms with E-state index in [1.54, 1.807) is 0 Å². The highest BCUT2D eigenvalue weighted by molar-refractivity contribution is 5.69. The number of allylic oxidation sites excluding steroid dienone is 4. The molecule has 0 bridgehead atoms. The third kappa shape index (κ3) is 31.4. The van der Waals surface area contributed by atoms with E-state index in [0.717, 1.165) is 25.7 Å². The van der Waals surface area contributed by atoms with Crippen LogP contribution in [-0.2, 0) is 14.3 Å². The van der Waals surface area contributed by atoms with Gasteiger partial charge in [-0.05, 0) is 44.9 Å². The fourth-order valence-corrected chi connectivity index (χ4v) is 4.89. The van der Waals surface area contributed by atoms with Crippen LogP contribution in [0.5, 0.6) is 0 Å². The van der Waals surface area contributed by atoms with Gasteiger partial charge in [0, 0.05) is 13.0 Å². The standard InChI is InChI=1S/C36H68O4/c1-3-5-7-9-11-13-14-15-16-17-18-19-20-21-22-24-26-28-30-32-39-34-35(33-37)40-36(38)31-29-27-25-23-12-10-8-6-4-2/h13-14,16-17,35,37H,3-12,15,18-34H2,1-2H3/b14-13-,17-16-. The summed E-state index contributed by atoms with van der Waals surface area (Å²) in [6.07, 6.45) is 39.3. The molecule has 0 radical (unpaired) electrons. The highest BCUT2D eigenvalue weighted by Crippen LogP contribution is 2.12. The van der Waals surface area contributed by atoms with Crippen molar-refractivity contribution in [2.24, 2.45) is 0 Å². The third-order valence-corrected chi connectivity index (χ3v) is 7.53. The van der Waals surface area contributed by atoms with Crippen LogP contribution in [0, 0.1) is 0 Å². The largest absolute Gasteiger partial charge is 0.457 e. The van der Waals surface area contributed by atoms with Gasteiger partial charge in [0.2, 0.25) is 0 Å². The second-order valence-corrected chi connectivity index (χ2v) is 11.6. The van der Waals surface area contributed by atoms with Crippen molar-refractivity contribution in [2.75, 3.05) is 19.8 Å². The van der Waals surface area contributed by atoms with Crippen molar-refractivity contribution in [1.29, 1.82) is 0 Å². The Kier molecular flexibility index (Phi) is 33.1. The number of carbonyl (C=O) groups is 1. The van der Waals surface area contributed by atoms with E-state index < -0.39 is 6.10 Å². The van der Waals surface area contributed by atoms with E-state index in [9.17, 15) is 9.90 Å². The number of hydrogen-bond donors (Lipinski definition) is 1. The Bertz CT molecular complexity index is 557. The van der Waals surface area contributed by atoms with Gasteiger partial charge in [-0.25, -0.2) is 0 Å². The van der Waals surface area contributed by atoms with Gasteiger partial charge in [-0.2, -0.15) is 0 Å². The molecule has 0 amide bonds. The summed E-state index contributed by atoms with van der Waals surface area (Å²) in [5, 5.41) is 9.51. The van der Waals surface area contributed by atoms with Gasteiger partial charge < -0.3 is 14.6 Å². The van der Waals surface area contributed by atoms with Crippen molar-refractivity contribution < 1.29 is 19.4 Å². The molecule has 0 saturated carbocycles. The Balaban J connectivity index is 3.42. The first kappa shape index (κ1) is 38.9. The molecule has 4 heteroatoms. The SMILES string of the molecule is CCCCCC/C=C\C/C=C\CCCCCCCCCCOCC(CO)OC(=O)CCCCCCCCCCC. The van der Waals surface area contributed by atoms with Crippen LogP contribution in [0.15, 0.2) is 24.3 Å². The summed E-state index contributed by atoms with van der Waals surface area (Å²) < 4.78 is 11.1. The molecular weight excluding hydrogens is 496 g/mol. The van der Waals surface area contributed by atoms with Crippen LogP contribution in [0.1, 0.15) is 174 Å². The quantitative estimate of drug-likeness (QED) is 0.0501. The molecule has 0 rings (SSSR count). The lowest BCUT2D eigenvalue weighted by Crippen LogP contribution is -2.27. The summed E-state index contributed by atoms with van der Waals surface area (Å²) in [4.78, 5) is 12.0. The first-order valence-corrected chi connectivity index (χ1v) is 17.4. The molecule has 4 nitrogen and oxygen atoms in total. The highest BCUT2D eigenvalue weighted by atomic mass is 16.6. The van der Waals surface area contributed by atoms with E-state index in [4.69, 9.17) is 9.47 Å². The summed E-state index contributed by atoms with van der Waals surface area (Å²) in [6.45, 7) is 5.30. The van der Waals surface area contributed by atoms with Crippen molar-refractivity contribution in [2.45, 2.75) is 180 Å². The number of esters is 1. The van der Waals surface area contributed by atoms with E-state index in [0.29, 0.717) is 19.6 Å². The summed E-state index contributed by atoms with van der Waals surface area (Å²) in [5.41, 5.74) is 0. The van der Waals surface area contributed by atoms with Gasteiger partial charge in [-0.3, -0.25) is 4.79 Å². The Morgan fingerprint density at radius 3 is 1.57 bits per heavy atom. The molecule has 0 spiro atoms. The zero-order valence-electron chi connectivity index (χ0n) is 26.9. The first-order chi connectivity index (χ1) is 19.7. The van der Waals surface area contributed by atoms with Crippen molar-refractivity contribution in [3.05, 3.63) is 24.3 Å². The second-order valence-electron chi connectivity index (χ2n) is 11.6. The van der Waals surface area contributed by atoms with E-state index >= 15 is 0 Å². The molecule has 0 aromatic heterocycles. The Morgan fingerprint density at radius 1 is 0.600 bits per heavy atom. The summed E-state index contributed by atoms with van der Waals surface area (Å²) in [5.74, 6) is -0.206. The lowest BCUT2D eigenvalue weighted by molar-refractivity contribution is -0.154. The minimum Gasteiger partial charge on any atom is -0.457 e. The van der Waals surface area contributed by atoms with Gasteiger partial charge in [0.15, 0.2) is 0 Å². The normalized spacial score (nSPS) is 12.6. The zero-order valence-corrected chi connectivity index (χ0v) is 26.9. The number of aliphatic hydroxyl groups excluding tert-OH is 1. The Hall–Kier alpha value is -1.13. The van der Waals surface area contributed by atoms with E-state index in [-0.39, 0.29) is 12.6 Å². The monoisotopic (exact) mass is 565 g/mol. The fraction of sp³-hybridized carbons (Fsp3) is 0.861. The lowest BCUT2D eigenvalue weighted by atomic mass is 10.1. The molecule has 1 atom stereocenters. The van der Waals surface area contributed by atoms with Crippen molar-refractivity contribution in [1.82, 2.24) is 0 Å². The highest BCUT2D eigenvalue weighted by Gasteiger charge is 2.13. The number of unbranched alkanes of at least 4 members (excludes halogenated alkanes) is 20. The predicted octanol–water partition coefficient (Wildman–Crippen LogP) is 10.8. The van der Waals surface area contributed by atoms with E-state index in [1.807, 2.05) is 0 Å². The average Bonchev–Trinajstić information content (AvgIpc) is 2.96. The molecule has 0 fully saturated rings.